The van der Waals surface area contributed by atoms with Crippen molar-refractivity contribution in [1.29, 1.82) is 0 Å². The maximum Gasteiger partial charge on any atom is 0.262 e. The first kappa shape index (κ1) is 24.5. The van der Waals surface area contributed by atoms with Crippen molar-refractivity contribution in [2.24, 2.45) is 16.1 Å². The molecular formula is C26H28ClN7O2S. The van der Waals surface area contributed by atoms with Gasteiger partial charge in [0.2, 0.25) is 0 Å². The lowest BCUT2D eigenvalue weighted by Gasteiger charge is -2.43. The molecular weight excluding hydrogens is 510 g/mol. The molecule has 9 nitrogen and oxygen atoms in total. The van der Waals surface area contributed by atoms with E-state index in [1.807, 2.05) is 18.5 Å². The fourth-order valence-electron chi connectivity index (χ4n) is 5.66. The normalized spacial score (nSPS) is 20.4. The van der Waals surface area contributed by atoms with E-state index in [1.165, 1.54) is 28.2 Å². The third-order valence-corrected chi connectivity index (χ3v) is 9.28. The molecule has 0 saturated carbocycles. The average Bonchev–Trinajstić information content (AvgIpc) is 3.47. The van der Waals surface area contributed by atoms with E-state index in [0.717, 1.165) is 55.2 Å². The van der Waals surface area contributed by atoms with Gasteiger partial charge in [-0.05, 0) is 42.4 Å². The number of nitrogens with two attached hydrogens (primary N) is 1. The van der Waals surface area contributed by atoms with Gasteiger partial charge < -0.3 is 15.4 Å². The molecule has 0 unspecified atom stereocenters. The molecule has 1 aromatic carbocycles. The Morgan fingerprint density at radius 2 is 2.05 bits per heavy atom. The van der Waals surface area contributed by atoms with Gasteiger partial charge in [-0.15, -0.1) is 0 Å². The number of allylic oxidation sites excluding steroid dienone is 1. The summed E-state index contributed by atoms with van der Waals surface area (Å²) in [7, 11) is 1.60. The van der Waals surface area contributed by atoms with Crippen LogP contribution >= 0.6 is 23.4 Å². The minimum atomic E-state index is -0.187. The number of nitrogens with zero attached hydrogens (tertiary/aromatic N) is 6. The molecule has 2 aliphatic heterocycles. The molecule has 0 amide bonds. The standard InChI is InChI=1S/C26H28ClN7O2S/c1-36-11-10-34-15-32-17-2-3-18(22(27)21(17)25(34)35)37-20-14-30-19(13-31-20)33-8-5-26(6-9-33)12-16-4-7-29-23(16)24(26)28/h2-3,7,13-15,24H,4-6,8-12,28H2,1H3/t24-/m1/s1. The monoisotopic (exact) mass is 537 g/mol. The molecule has 2 aromatic heterocycles. The summed E-state index contributed by atoms with van der Waals surface area (Å²) in [6.07, 6.45) is 11.2. The number of benzene rings is 1. The average molecular weight is 538 g/mol. The van der Waals surface area contributed by atoms with Crippen LogP contribution in [0.2, 0.25) is 5.02 Å². The maximum atomic E-state index is 13.0. The van der Waals surface area contributed by atoms with E-state index in [9.17, 15) is 4.79 Å². The molecule has 3 aromatic rings. The van der Waals surface area contributed by atoms with Crippen LogP contribution < -0.4 is 16.2 Å². The van der Waals surface area contributed by atoms with Crippen LogP contribution in [0.3, 0.4) is 0 Å². The fourth-order valence-corrected chi connectivity index (χ4v) is 6.78. The van der Waals surface area contributed by atoms with Crippen LogP contribution in [0.4, 0.5) is 5.82 Å². The van der Waals surface area contributed by atoms with Gasteiger partial charge in [0.25, 0.3) is 5.56 Å². The largest absolute Gasteiger partial charge is 0.383 e. The molecule has 1 saturated heterocycles. The van der Waals surface area contributed by atoms with E-state index < -0.39 is 0 Å². The number of fused-ring (bicyclic) bond motifs is 1. The first-order valence-corrected chi connectivity index (χ1v) is 13.6. The van der Waals surface area contributed by atoms with Crippen molar-refractivity contribution in [3.63, 3.8) is 0 Å². The summed E-state index contributed by atoms with van der Waals surface area (Å²) in [6, 6.07) is 3.71. The van der Waals surface area contributed by atoms with Crippen LogP contribution in [-0.4, -0.2) is 58.6 Å². The number of piperidine rings is 1. The number of aliphatic imine (C=N–C) groups is 1. The Labute approximate surface area is 223 Å². The first-order chi connectivity index (χ1) is 18.0. The van der Waals surface area contributed by atoms with Gasteiger partial charge in [0.05, 0.1) is 59.5 Å². The quantitative estimate of drug-likeness (QED) is 0.507. The Hall–Kier alpha value is -2.79. The zero-order valence-corrected chi connectivity index (χ0v) is 22.1. The van der Waals surface area contributed by atoms with Crippen LogP contribution in [-0.2, 0) is 11.3 Å². The molecule has 1 fully saturated rings. The zero-order chi connectivity index (χ0) is 25.6. The molecule has 192 valence electrons. The van der Waals surface area contributed by atoms with Crippen molar-refractivity contribution in [3.8, 4) is 0 Å². The molecule has 37 heavy (non-hydrogen) atoms. The van der Waals surface area contributed by atoms with Crippen molar-refractivity contribution in [3.05, 3.63) is 57.5 Å². The van der Waals surface area contributed by atoms with Gasteiger partial charge in [-0.2, -0.15) is 0 Å². The molecule has 1 atom stereocenters. The van der Waals surface area contributed by atoms with Crippen LogP contribution in [0.25, 0.3) is 10.9 Å². The Bertz CT molecular complexity index is 1460. The zero-order valence-electron chi connectivity index (χ0n) is 20.6. The Morgan fingerprint density at radius 3 is 2.78 bits per heavy atom. The van der Waals surface area contributed by atoms with Crippen molar-refractivity contribution < 1.29 is 4.74 Å². The minimum absolute atomic E-state index is 0.0410. The van der Waals surface area contributed by atoms with Crippen LogP contribution in [0.5, 0.6) is 0 Å². The molecule has 2 N–H and O–H groups in total. The first-order valence-electron chi connectivity index (χ1n) is 12.4. The highest BCUT2D eigenvalue weighted by molar-refractivity contribution is 7.99. The number of ether oxygens (including phenoxy) is 1. The second kappa shape index (κ2) is 9.83. The van der Waals surface area contributed by atoms with E-state index >= 15 is 0 Å². The number of anilines is 1. The number of hydrogen-bond acceptors (Lipinski definition) is 9. The molecule has 6 rings (SSSR count). The van der Waals surface area contributed by atoms with E-state index in [2.05, 4.69) is 24.8 Å². The number of halogens is 1. The van der Waals surface area contributed by atoms with Crippen molar-refractivity contribution in [2.45, 2.75) is 48.2 Å². The Balaban J connectivity index is 1.15. The summed E-state index contributed by atoms with van der Waals surface area (Å²) in [5, 5.41) is 1.48. The molecule has 1 aliphatic carbocycles. The summed E-state index contributed by atoms with van der Waals surface area (Å²) < 4.78 is 6.60. The van der Waals surface area contributed by atoms with Crippen LogP contribution in [0.15, 0.2) is 61.8 Å². The van der Waals surface area contributed by atoms with Gasteiger partial charge in [0.15, 0.2) is 0 Å². The number of methoxy groups -OCH3 is 1. The van der Waals surface area contributed by atoms with Crippen LogP contribution in [0, 0.1) is 5.41 Å². The number of aromatic nitrogens is 4. The summed E-state index contributed by atoms with van der Waals surface area (Å²) in [4.78, 5) is 34.2. The predicted octanol–water partition coefficient (Wildman–Crippen LogP) is 3.68. The third kappa shape index (κ3) is 4.35. The van der Waals surface area contributed by atoms with Crippen molar-refractivity contribution in [2.75, 3.05) is 31.7 Å². The van der Waals surface area contributed by atoms with Gasteiger partial charge in [-0.25, -0.2) is 15.0 Å². The van der Waals surface area contributed by atoms with Gasteiger partial charge in [-0.1, -0.05) is 23.4 Å². The van der Waals surface area contributed by atoms with Gasteiger partial charge in [0, 0.05) is 37.7 Å². The van der Waals surface area contributed by atoms with E-state index in [1.54, 1.807) is 19.4 Å². The van der Waals surface area contributed by atoms with Crippen LogP contribution in [0.1, 0.15) is 25.7 Å². The van der Waals surface area contributed by atoms with E-state index in [4.69, 9.17) is 22.1 Å². The second-order valence-electron chi connectivity index (χ2n) is 9.83. The lowest BCUT2D eigenvalue weighted by atomic mass is 9.72. The SMILES string of the molecule is COCCn1cnc2ccc(Sc3cnc(N4CCC5(CC4)CC4=C(N=CC4)[C@H]5N)cn3)c(Cl)c2c1=O. The van der Waals surface area contributed by atoms with Gasteiger partial charge in [0.1, 0.15) is 10.8 Å². The number of rotatable bonds is 6. The van der Waals surface area contributed by atoms with Crippen molar-refractivity contribution >= 4 is 46.3 Å². The highest BCUT2D eigenvalue weighted by Crippen LogP contribution is 2.50. The lowest BCUT2D eigenvalue weighted by molar-refractivity contribution is 0.186. The summed E-state index contributed by atoms with van der Waals surface area (Å²) >= 11 is 8.06. The highest BCUT2D eigenvalue weighted by atomic mass is 35.5. The summed E-state index contributed by atoms with van der Waals surface area (Å²) in [5.74, 6) is 0.860. The molecule has 0 bridgehead atoms. The lowest BCUT2D eigenvalue weighted by Crippen LogP contribution is -2.48. The topological polar surface area (TPSA) is 112 Å². The Kier molecular flexibility index (Phi) is 6.52. The molecule has 1 spiro atoms. The predicted molar refractivity (Wildman–Crippen MR) is 146 cm³/mol. The summed E-state index contributed by atoms with van der Waals surface area (Å²) in [6.45, 7) is 2.63. The molecule has 4 heterocycles. The Morgan fingerprint density at radius 1 is 1.22 bits per heavy atom. The van der Waals surface area contributed by atoms with E-state index in [-0.39, 0.29) is 17.0 Å². The fraction of sp³-hybridized carbons (Fsp3) is 0.423. The third-order valence-electron chi connectivity index (χ3n) is 7.79. The second-order valence-corrected chi connectivity index (χ2v) is 11.3. The summed E-state index contributed by atoms with van der Waals surface area (Å²) in [5.41, 5.74) is 9.70. The molecule has 0 radical (unpaired) electrons. The molecule has 3 aliphatic rings. The maximum absolute atomic E-state index is 13.0. The van der Waals surface area contributed by atoms with Crippen molar-refractivity contribution in [1.82, 2.24) is 19.5 Å². The van der Waals surface area contributed by atoms with E-state index in [0.29, 0.717) is 34.1 Å². The molecule has 11 heteroatoms. The van der Waals surface area contributed by atoms with Gasteiger partial charge in [-0.3, -0.25) is 14.4 Å². The minimum Gasteiger partial charge on any atom is -0.383 e. The van der Waals surface area contributed by atoms with Gasteiger partial charge >= 0.3 is 0 Å². The number of hydrogen-bond donors (Lipinski definition) is 1. The highest BCUT2D eigenvalue weighted by Gasteiger charge is 2.48. The smallest absolute Gasteiger partial charge is 0.262 e.